The molecule has 2 heterocycles. The molecule has 0 radical (unpaired) electrons. The van der Waals surface area contributed by atoms with E-state index in [1.807, 2.05) is 6.92 Å². The standard InChI is InChI=1S/C11H18N6O2/c1-2-14-10(18)7-5-13-3-4-17(7)9-8(12)11(19)16-6-15-9/h6-7,13H,2-5,12H2,1H3,(H,14,18)(H,15,16,19). The monoisotopic (exact) mass is 266 g/mol. The van der Waals surface area contributed by atoms with Crippen LogP contribution in [0.15, 0.2) is 11.1 Å². The van der Waals surface area contributed by atoms with E-state index in [9.17, 15) is 9.59 Å². The number of hydrogen-bond acceptors (Lipinski definition) is 6. The molecular formula is C11H18N6O2. The Morgan fingerprint density at radius 3 is 3.21 bits per heavy atom. The van der Waals surface area contributed by atoms with Crippen LogP contribution in [0.25, 0.3) is 0 Å². The first-order valence-electron chi connectivity index (χ1n) is 6.23. The fourth-order valence-corrected chi connectivity index (χ4v) is 2.11. The summed E-state index contributed by atoms with van der Waals surface area (Å²) >= 11 is 0. The van der Waals surface area contributed by atoms with Crippen molar-refractivity contribution in [3.05, 3.63) is 16.7 Å². The summed E-state index contributed by atoms with van der Waals surface area (Å²) in [6.07, 6.45) is 1.30. The van der Waals surface area contributed by atoms with Gasteiger partial charge in [-0.1, -0.05) is 0 Å². The lowest BCUT2D eigenvalue weighted by molar-refractivity contribution is -0.122. The first-order valence-corrected chi connectivity index (χ1v) is 6.23. The molecule has 2 rings (SSSR count). The molecule has 1 aliphatic rings. The number of carbonyl (C=O) groups excluding carboxylic acids is 1. The number of carbonyl (C=O) groups is 1. The van der Waals surface area contributed by atoms with Crippen LogP contribution in [0.1, 0.15) is 6.92 Å². The SMILES string of the molecule is CCNC(=O)C1CNCCN1c1nc[nH]c(=O)c1N. The zero-order valence-corrected chi connectivity index (χ0v) is 10.8. The second-order valence-corrected chi connectivity index (χ2v) is 4.28. The third kappa shape index (κ3) is 2.68. The Balaban J connectivity index is 2.31. The molecule has 0 saturated carbocycles. The van der Waals surface area contributed by atoms with Gasteiger partial charge in [0.2, 0.25) is 5.91 Å². The third-order valence-corrected chi connectivity index (χ3v) is 3.04. The summed E-state index contributed by atoms with van der Waals surface area (Å²) < 4.78 is 0. The van der Waals surface area contributed by atoms with Crippen LogP contribution >= 0.6 is 0 Å². The average molecular weight is 266 g/mol. The first-order chi connectivity index (χ1) is 9.15. The number of rotatable bonds is 3. The predicted molar refractivity (Wildman–Crippen MR) is 72.0 cm³/mol. The molecule has 5 N–H and O–H groups in total. The van der Waals surface area contributed by atoms with Gasteiger partial charge in [-0.25, -0.2) is 4.98 Å². The number of nitrogens with zero attached hydrogens (tertiary/aromatic N) is 2. The van der Waals surface area contributed by atoms with E-state index in [4.69, 9.17) is 5.73 Å². The lowest BCUT2D eigenvalue weighted by Crippen LogP contribution is -2.58. The molecule has 0 spiro atoms. The number of nitrogens with one attached hydrogen (secondary N) is 3. The van der Waals surface area contributed by atoms with Gasteiger partial charge in [0.15, 0.2) is 5.82 Å². The number of H-pyrrole nitrogens is 1. The highest BCUT2D eigenvalue weighted by atomic mass is 16.2. The van der Waals surface area contributed by atoms with E-state index in [2.05, 4.69) is 20.6 Å². The summed E-state index contributed by atoms with van der Waals surface area (Å²) in [5.74, 6) is 0.262. The topological polar surface area (TPSA) is 116 Å². The van der Waals surface area contributed by atoms with Crippen LogP contribution in [0, 0.1) is 0 Å². The quantitative estimate of drug-likeness (QED) is 0.516. The van der Waals surface area contributed by atoms with Crippen LogP contribution in [0.3, 0.4) is 0 Å². The number of anilines is 2. The van der Waals surface area contributed by atoms with E-state index >= 15 is 0 Å². The Morgan fingerprint density at radius 1 is 1.68 bits per heavy atom. The molecular weight excluding hydrogens is 248 g/mol. The molecule has 1 unspecified atom stereocenters. The number of hydrogen-bond donors (Lipinski definition) is 4. The summed E-state index contributed by atoms with van der Waals surface area (Å²) in [5, 5.41) is 5.92. The summed E-state index contributed by atoms with van der Waals surface area (Å²) in [5.41, 5.74) is 5.40. The van der Waals surface area contributed by atoms with Crippen molar-refractivity contribution in [3.8, 4) is 0 Å². The van der Waals surface area contributed by atoms with Crippen LogP contribution in [0.5, 0.6) is 0 Å². The molecule has 0 bridgehead atoms. The minimum Gasteiger partial charge on any atom is -0.391 e. The Labute approximate surface area is 110 Å². The van der Waals surface area contributed by atoms with Gasteiger partial charge in [-0.15, -0.1) is 0 Å². The molecule has 8 nitrogen and oxygen atoms in total. The molecule has 1 fully saturated rings. The number of nitrogen functional groups attached to an aromatic ring is 1. The molecule has 1 aromatic heterocycles. The maximum absolute atomic E-state index is 12.0. The van der Waals surface area contributed by atoms with Crippen LogP contribution in [-0.2, 0) is 4.79 Å². The second kappa shape index (κ2) is 5.70. The summed E-state index contributed by atoms with van der Waals surface area (Å²) in [6.45, 7) is 4.20. The number of piperazine rings is 1. The predicted octanol–water partition coefficient (Wildman–Crippen LogP) is -1.73. The lowest BCUT2D eigenvalue weighted by atomic mass is 10.1. The minimum atomic E-state index is -0.412. The Morgan fingerprint density at radius 2 is 2.47 bits per heavy atom. The molecule has 0 aromatic carbocycles. The third-order valence-electron chi connectivity index (χ3n) is 3.04. The number of aromatic amines is 1. The molecule has 1 amide bonds. The van der Waals surface area contributed by atoms with Gasteiger partial charge in [0, 0.05) is 26.2 Å². The number of nitrogens with two attached hydrogens (primary N) is 1. The Bertz CT molecular complexity index is 514. The maximum atomic E-state index is 12.0. The summed E-state index contributed by atoms with van der Waals surface area (Å²) in [4.78, 5) is 31.8. The van der Waals surface area contributed by atoms with E-state index in [-0.39, 0.29) is 11.6 Å². The summed E-state index contributed by atoms with van der Waals surface area (Å²) in [7, 11) is 0. The van der Waals surface area contributed by atoms with Gasteiger partial charge in [0.05, 0.1) is 6.33 Å². The van der Waals surface area contributed by atoms with Crippen molar-refractivity contribution in [1.29, 1.82) is 0 Å². The van der Waals surface area contributed by atoms with Gasteiger partial charge in [0.1, 0.15) is 11.7 Å². The largest absolute Gasteiger partial charge is 0.391 e. The molecule has 8 heteroatoms. The van der Waals surface area contributed by atoms with Crippen molar-refractivity contribution in [1.82, 2.24) is 20.6 Å². The normalized spacial score (nSPS) is 19.2. The van der Waals surface area contributed by atoms with Crippen molar-refractivity contribution >= 4 is 17.4 Å². The van der Waals surface area contributed by atoms with Crippen LogP contribution < -0.4 is 26.8 Å². The van der Waals surface area contributed by atoms with E-state index in [0.717, 1.165) is 0 Å². The van der Waals surface area contributed by atoms with Gasteiger partial charge in [-0.3, -0.25) is 9.59 Å². The maximum Gasteiger partial charge on any atom is 0.276 e. The summed E-state index contributed by atoms with van der Waals surface area (Å²) in [6, 6.07) is -0.412. The van der Waals surface area contributed by atoms with Crippen molar-refractivity contribution < 1.29 is 4.79 Å². The smallest absolute Gasteiger partial charge is 0.276 e. The number of likely N-dealkylation sites (N-methyl/N-ethyl adjacent to an activating group) is 1. The van der Waals surface area contributed by atoms with Crippen molar-refractivity contribution in [2.75, 3.05) is 36.8 Å². The van der Waals surface area contributed by atoms with E-state index < -0.39 is 11.6 Å². The van der Waals surface area contributed by atoms with E-state index in [1.54, 1.807) is 4.90 Å². The highest BCUT2D eigenvalue weighted by Crippen LogP contribution is 2.19. The van der Waals surface area contributed by atoms with Crippen LogP contribution in [-0.4, -0.2) is 48.1 Å². The molecule has 1 saturated heterocycles. The van der Waals surface area contributed by atoms with Crippen LogP contribution in [0.2, 0.25) is 0 Å². The Kier molecular flexibility index (Phi) is 4.00. The number of aromatic nitrogens is 2. The lowest BCUT2D eigenvalue weighted by Gasteiger charge is -2.36. The highest BCUT2D eigenvalue weighted by Gasteiger charge is 2.30. The molecule has 19 heavy (non-hydrogen) atoms. The highest BCUT2D eigenvalue weighted by molar-refractivity contribution is 5.86. The van der Waals surface area contributed by atoms with E-state index in [1.165, 1.54) is 6.33 Å². The zero-order valence-electron chi connectivity index (χ0n) is 10.8. The van der Waals surface area contributed by atoms with Gasteiger partial charge in [-0.2, -0.15) is 0 Å². The average Bonchev–Trinajstić information content (AvgIpc) is 2.42. The van der Waals surface area contributed by atoms with Gasteiger partial charge < -0.3 is 26.3 Å². The first kappa shape index (κ1) is 13.3. The Hall–Kier alpha value is -2.09. The molecule has 0 aliphatic carbocycles. The second-order valence-electron chi connectivity index (χ2n) is 4.28. The van der Waals surface area contributed by atoms with Crippen LogP contribution in [0.4, 0.5) is 11.5 Å². The minimum absolute atomic E-state index is 0.0405. The fraction of sp³-hybridized carbons (Fsp3) is 0.545. The van der Waals surface area contributed by atoms with Gasteiger partial charge in [-0.05, 0) is 6.92 Å². The zero-order chi connectivity index (χ0) is 13.8. The van der Waals surface area contributed by atoms with E-state index in [0.29, 0.717) is 32.0 Å². The number of amides is 1. The van der Waals surface area contributed by atoms with Gasteiger partial charge in [0.25, 0.3) is 5.56 Å². The van der Waals surface area contributed by atoms with Crippen molar-refractivity contribution in [2.45, 2.75) is 13.0 Å². The molecule has 1 aliphatic heterocycles. The van der Waals surface area contributed by atoms with Crippen molar-refractivity contribution in [3.63, 3.8) is 0 Å². The van der Waals surface area contributed by atoms with Crippen molar-refractivity contribution in [2.24, 2.45) is 0 Å². The molecule has 1 aromatic rings. The van der Waals surface area contributed by atoms with Gasteiger partial charge >= 0.3 is 0 Å². The fourth-order valence-electron chi connectivity index (χ4n) is 2.11. The molecule has 1 atom stereocenters. The molecule has 104 valence electrons.